The van der Waals surface area contributed by atoms with Crippen LogP contribution in [0.3, 0.4) is 0 Å². The molecule has 0 unspecified atom stereocenters. The fourth-order valence-corrected chi connectivity index (χ4v) is 7.22. The zero-order valence-electron chi connectivity index (χ0n) is 27.7. The zero-order chi connectivity index (χ0) is 32.3. The molecule has 0 bridgehead atoms. The standard InChI is InChI=1S/C37H48N4O4/c1-7-13-17-25-21-29-33(23-31(25)39(9-3)10-4)45-34-24-32(40(11-5)12-6)26(18-14-8-2)22-30(34)37(29)28-20-16-15-19-27(28)35(42)41(37)38-36(43)44/h15-16,19-24,38H,7-14,17-18H2,1-6H3,(H,43,44). The molecule has 45 heavy (non-hydrogen) atoms. The molecule has 5 rings (SSSR count). The molecule has 2 N–H and O–H groups in total. The van der Waals surface area contributed by atoms with E-state index in [0.29, 0.717) is 17.1 Å². The summed E-state index contributed by atoms with van der Waals surface area (Å²) in [7, 11) is 0. The maximum absolute atomic E-state index is 14.2. The Kier molecular flexibility index (Phi) is 9.61. The minimum absolute atomic E-state index is 0.377. The molecule has 240 valence electrons. The van der Waals surface area contributed by atoms with Gasteiger partial charge in [0.15, 0.2) is 0 Å². The number of hydrogen-bond donors (Lipinski definition) is 2. The first-order chi connectivity index (χ1) is 21.8. The van der Waals surface area contributed by atoms with Gasteiger partial charge in [-0.1, -0.05) is 44.9 Å². The van der Waals surface area contributed by atoms with Crippen molar-refractivity contribution in [1.82, 2.24) is 10.4 Å². The van der Waals surface area contributed by atoms with E-state index in [1.54, 1.807) is 6.07 Å². The molecule has 0 saturated carbocycles. The number of anilines is 2. The fourth-order valence-electron chi connectivity index (χ4n) is 7.22. The van der Waals surface area contributed by atoms with Crippen molar-refractivity contribution in [2.24, 2.45) is 0 Å². The van der Waals surface area contributed by atoms with Crippen LogP contribution in [-0.2, 0) is 18.4 Å². The highest BCUT2D eigenvalue weighted by Gasteiger charge is 2.58. The van der Waals surface area contributed by atoms with E-state index in [-0.39, 0.29) is 5.91 Å². The van der Waals surface area contributed by atoms with Crippen molar-refractivity contribution in [3.05, 3.63) is 81.9 Å². The van der Waals surface area contributed by atoms with Crippen LogP contribution >= 0.6 is 0 Å². The van der Waals surface area contributed by atoms with Crippen molar-refractivity contribution < 1.29 is 19.4 Å². The summed E-state index contributed by atoms with van der Waals surface area (Å²) in [5, 5.41) is 11.5. The molecule has 8 heteroatoms. The second-order valence-corrected chi connectivity index (χ2v) is 11.9. The SMILES string of the molecule is CCCCc1cc2c(cc1N(CC)CC)Oc1cc(N(CC)CC)c(CCCC)cc1C21c2ccccc2C(=O)N1NC(=O)O. The first-order valence-electron chi connectivity index (χ1n) is 16.8. The number of aryl methyl sites for hydroxylation is 2. The molecular formula is C37H48N4O4. The molecule has 2 aliphatic heterocycles. The fraction of sp³-hybridized carbons (Fsp3) is 0.459. The Balaban J connectivity index is 1.92. The molecule has 2 aliphatic rings. The molecule has 0 aliphatic carbocycles. The Hall–Kier alpha value is -4.20. The van der Waals surface area contributed by atoms with Crippen LogP contribution < -0.4 is 20.0 Å². The average molecular weight is 613 g/mol. The number of carbonyl (C=O) groups is 2. The van der Waals surface area contributed by atoms with Crippen LogP contribution in [0, 0.1) is 0 Å². The maximum atomic E-state index is 14.2. The Morgan fingerprint density at radius 3 is 1.71 bits per heavy atom. The maximum Gasteiger partial charge on any atom is 0.423 e. The van der Waals surface area contributed by atoms with Gasteiger partial charge in [0.05, 0.1) is 0 Å². The first kappa shape index (κ1) is 32.2. The van der Waals surface area contributed by atoms with Gasteiger partial charge < -0.3 is 19.6 Å². The Morgan fingerprint density at radius 2 is 1.27 bits per heavy atom. The summed E-state index contributed by atoms with van der Waals surface area (Å²) in [6.45, 7) is 16.4. The number of rotatable bonds is 13. The number of hydrogen-bond acceptors (Lipinski definition) is 5. The quantitative estimate of drug-likeness (QED) is 0.203. The van der Waals surface area contributed by atoms with Crippen molar-refractivity contribution in [3.8, 4) is 11.5 Å². The summed E-state index contributed by atoms with van der Waals surface area (Å²) in [4.78, 5) is 31.3. The summed E-state index contributed by atoms with van der Waals surface area (Å²) < 4.78 is 6.88. The van der Waals surface area contributed by atoms with Crippen molar-refractivity contribution in [1.29, 1.82) is 0 Å². The first-order valence-corrected chi connectivity index (χ1v) is 16.8. The van der Waals surface area contributed by atoms with Gasteiger partial charge in [-0.2, -0.15) is 0 Å². The van der Waals surface area contributed by atoms with E-state index in [1.807, 2.05) is 18.2 Å². The molecule has 0 aromatic heterocycles. The molecule has 2 heterocycles. The number of nitrogens with zero attached hydrogens (tertiary/aromatic N) is 3. The smallest absolute Gasteiger partial charge is 0.423 e. The summed E-state index contributed by atoms with van der Waals surface area (Å²) >= 11 is 0. The third-order valence-corrected chi connectivity index (χ3v) is 9.46. The predicted molar refractivity (Wildman–Crippen MR) is 181 cm³/mol. The monoisotopic (exact) mass is 612 g/mol. The van der Waals surface area contributed by atoms with E-state index in [0.717, 1.165) is 92.8 Å². The topological polar surface area (TPSA) is 85.4 Å². The van der Waals surface area contributed by atoms with Gasteiger partial charge >= 0.3 is 6.09 Å². The minimum atomic E-state index is -1.29. The molecule has 1 spiro atoms. The number of unbranched alkanes of at least 4 members (excludes halogenated alkanes) is 2. The molecule has 3 aromatic rings. The lowest BCUT2D eigenvalue weighted by molar-refractivity contribution is 0.0502. The molecule has 2 amide bonds. The lowest BCUT2D eigenvalue weighted by Gasteiger charge is -2.44. The van der Waals surface area contributed by atoms with Crippen LogP contribution in [0.25, 0.3) is 0 Å². The van der Waals surface area contributed by atoms with Gasteiger partial charge in [0, 0.05) is 71.9 Å². The second kappa shape index (κ2) is 13.4. The number of nitrogens with one attached hydrogen (secondary N) is 1. The van der Waals surface area contributed by atoms with Crippen molar-refractivity contribution in [2.45, 2.75) is 85.6 Å². The lowest BCUT2D eigenvalue weighted by Crippen LogP contribution is -2.55. The Morgan fingerprint density at radius 1 is 0.778 bits per heavy atom. The van der Waals surface area contributed by atoms with Crippen LogP contribution in [0.1, 0.15) is 105 Å². The van der Waals surface area contributed by atoms with Gasteiger partial charge in [-0.25, -0.2) is 15.2 Å². The van der Waals surface area contributed by atoms with Crippen LogP contribution in [0.15, 0.2) is 48.5 Å². The predicted octanol–water partition coefficient (Wildman–Crippen LogP) is 8.10. The number of benzene rings is 3. The van der Waals surface area contributed by atoms with Gasteiger partial charge in [-0.05, 0) is 82.7 Å². The summed E-state index contributed by atoms with van der Waals surface area (Å²) in [5.74, 6) is 0.897. The number of amides is 2. The largest absolute Gasteiger partial charge is 0.464 e. The number of carbonyl (C=O) groups excluding carboxylic acids is 1. The van der Waals surface area contributed by atoms with Gasteiger partial charge in [-0.15, -0.1) is 0 Å². The van der Waals surface area contributed by atoms with Crippen LogP contribution in [-0.4, -0.2) is 48.3 Å². The number of ether oxygens (including phenoxy) is 1. The molecule has 0 fully saturated rings. The van der Waals surface area contributed by atoms with Gasteiger partial charge in [0.25, 0.3) is 5.91 Å². The van der Waals surface area contributed by atoms with Crippen molar-refractivity contribution in [2.75, 3.05) is 36.0 Å². The van der Waals surface area contributed by atoms with E-state index < -0.39 is 11.6 Å². The normalized spacial score (nSPS) is 14.1. The van der Waals surface area contributed by atoms with Gasteiger partial charge in [0.2, 0.25) is 0 Å². The highest BCUT2D eigenvalue weighted by Crippen LogP contribution is 2.58. The van der Waals surface area contributed by atoms with Crippen molar-refractivity contribution in [3.63, 3.8) is 0 Å². The third kappa shape index (κ3) is 5.38. The highest BCUT2D eigenvalue weighted by atomic mass is 16.5. The number of fused-ring (bicyclic) bond motifs is 6. The molecule has 3 aromatic carbocycles. The Labute approximate surface area is 267 Å². The molecule has 0 saturated heterocycles. The van der Waals surface area contributed by atoms with E-state index in [9.17, 15) is 14.7 Å². The molecular weight excluding hydrogens is 564 g/mol. The molecule has 0 atom stereocenters. The summed E-state index contributed by atoms with van der Waals surface area (Å²) in [6, 6.07) is 16.1. The molecule has 8 nitrogen and oxygen atoms in total. The van der Waals surface area contributed by atoms with E-state index in [1.165, 1.54) is 16.1 Å². The summed E-state index contributed by atoms with van der Waals surface area (Å²) in [5.41, 5.74) is 8.66. The number of hydrazine groups is 1. The Bertz CT molecular complexity index is 1490. The third-order valence-electron chi connectivity index (χ3n) is 9.46. The van der Waals surface area contributed by atoms with Crippen LogP contribution in [0.4, 0.5) is 16.2 Å². The van der Waals surface area contributed by atoms with E-state index >= 15 is 0 Å². The number of carboxylic acid groups (broad SMARTS) is 1. The average Bonchev–Trinajstić information content (AvgIpc) is 3.28. The van der Waals surface area contributed by atoms with Gasteiger partial charge in [0.1, 0.15) is 17.0 Å². The highest BCUT2D eigenvalue weighted by molar-refractivity contribution is 6.03. The van der Waals surface area contributed by atoms with Crippen LogP contribution in [0.5, 0.6) is 11.5 Å². The van der Waals surface area contributed by atoms with Crippen molar-refractivity contribution >= 4 is 23.4 Å². The zero-order valence-corrected chi connectivity index (χ0v) is 27.7. The minimum Gasteiger partial charge on any atom is -0.464 e. The molecule has 0 radical (unpaired) electrons. The summed E-state index contributed by atoms with van der Waals surface area (Å²) in [6.07, 6.45) is 4.55. The van der Waals surface area contributed by atoms with E-state index in [4.69, 9.17) is 4.74 Å². The lowest BCUT2D eigenvalue weighted by atomic mass is 9.73. The van der Waals surface area contributed by atoms with E-state index in [2.05, 4.69) is 81.0 Å². The van der Waals surface area contributed by atoms with Gasteiger partial charge in [-0.3, -0.25) is 4.79 Å². The van der Waals surface area contributed by atoms with Crippen LogP contribution in [0.2, 0.25) is 0 Å². The second-order valence-electron chi connectivity index (χ2n) is 11.9.